The summed E-state index contributed by atoms with van der Waals surface area (Å²) < 4.78 is 0. The molecule has 2 rings (SSSR count). The van der Waals surface area contributed by atoms with Crippen molar-refractivity contribution in [3.05, 3.63) is 5.82 Å². The van der Waals surface area contributed by atoms with E-state index in [0.29, 0.717) is 11.3 Å². The van der Waals surface area contributed by atoms with Crippen LogP contribution in [0.2, 0.25) is 0 Å². The molecule has 5 heteroatoms. The number of H-pyrrole nitrogens is 1. The van der Waals surface area contributed by atoms with Crippen molar-refractivity contribution >= 4 is 5.95 Å². The molecule has 1 fully saturated rings. The van der Waals surface area contributed by atoms with Crippen molar-refractivity contribution in [3.63, 3.8) is 0 Å². The lowest BCUT2D eigenvalue weighted by Gasteiger charge is -2.26. The standard InChI is InChI=1S/C13H25N5/c1-9(13(2,3)4)7-11-15-12(17-16-11)18-6-5-10(14)8-18/h9-10H,5-8,14H2,1-4H3,(H,15,16,17). The zero-order valence-electron chi connectivity index (χ0n) is 11.9. The fourth-order valence-corrected chi connectivity index (χ4v) is 2.08. The number of anilines is 1. The number of aromatic amines is 1. The molecule has 2 unspecified atom stereocenters. The van der Waals surface area contributed by atoms with Crippen molar-refractivity contribution in [1.82, 2.24) is 15.2 Å². The van der Waals surface area contributed by atoms with Gasteiger partial charge in [-0.15, -0.1) is 5.10 Å². The van der Waals surface area contributed by atoms with E-state index in [0.717, 1.165) is 37.7 Å². The predicted molar refractivity (Wildman–Crippen MR) is 73.5 cm³/mol. The van der Waals surface area contributed by atoms with Crippen molar-refractivity contribution < 1.29 is 0 Å². The van der Waals surface area contributed by atoms with Gasteiger partial charge in [-0.05, 0) is 17.8 Å². The molecule has 1 aliphatic rings. The van der Waals surface area contributed by atoms with E-state index in [4.69, 9.17) is 5.73 Å². The van der Waals surface area contributed by atoms with Gasteiger partial charge in [-0.2, -0.15) is 4.98 Å². The van der Waals surface area contributed by atoms with Crippen LogP contribution < -0.4 is 10.6 Å². The van der Waals surface area contributed by atoms with Crippen LogP contribution in [-0.4, -0.2) is 34.3 Å². The molecule has 3 N–H and O–H groups in total. The summed E-state index contributed by atoms with van der Waals surface area (Å²) in [5, 5.41) is 7.36. The first kappa shape index (κ1) is 13.3. The van der Waals surface area contributed by atoms with Crippen LogP contribution in [0.15, 0.2) is 0 Å². The van der Waals surface area contributed by atoms with Gasteiger partial charge in [0.25, 0.3) is 0 Å². The lowest BCUT2D eigenvalue weighted by Crippen LogP contribution is -2.27. The summed E-state index contributed by atoms with van der Waals surface area (Å²) >= 11 is 0. The van der Waals surface area contributed by atoms with E-state index in [-0.39, 0.29) is 6.04 Å². The molecule has 2 heterocycles. The van der Waals surface area contributed by atoms with Crippen LogP contribution in [0.4, 0.5) is 5.95 Å². The lowest BCUT2D eigenvalue weighted by atomic mass is 9.80. The summed E-state index contributed by atoms with van der Waals surface area (Å²) in [6.45, 7) is 10.9. The van der Waals surface area contributed by atoms with Crippen LogP contribution in [0.3, 0.4) is 0 Å². The third kappa shape index (κ3) is 3.02. The molecule has 2 atom stereocenters. The summed E-state index contributed by atoms with van der Waals surface area (Å²) in [5.74, 6) is 2.35. The highest BCUT2D eigenvalue weighted by Gasteiger charge is 2.24. The Hall–Kier alpha value is -1.10. The highest BCUT2D eigenvalue weighted by molar-refractivity contribution is 5.31. The van der Waals surface area contributed by atoms with E-state index >= 15 is 0 Å². The second-order valence-electron chi connectivity index (χ2n) is 6.55. The monoisotopic (exact) mass is 251 g/mol. The molecule has 0 aliphatic carbocycles. The first-order valence-electron chi connectivity index (χ1n) is 6.78. The van der Waals surface area contributed by atoms with E-state index in [2.05, 4.69) is 47.8 Å². The van der Waals surface area contributed by atoms with E-state index in [1.54, 1.807) is 0 Å². The molecule has 18 heavy (non-hydrogen) atoms. The Balaban J connectivity index is 1.98. The summed E-state index contributed by atoms with van der Waals surface area (Å²) in [7, 11) is 0. The van der Waals surface area contributed by atoms with Gasteiger partial charge >= 0.3 is 0 Å². The molecule has 1 aliphatic heterocycles. The first-order valence-corrected chi connectivity index (χ1v) is 6.78. The molecule has 102 valence electrons. The van der Waals surface area contributed by atoms with Gasteiger partial charge in [-0.25, -0.2) is 0 Å². The number of nitrogens with zero attached hydrogens (tertiary/aromatic N) is 3. The molecule has 0 amide bonds. The number of rotatable bonds is 3. The molecule has 0 saturated carbocycles. The fourth-order valence-electron chi connectivity index (χ4n) is 2.08. The van der Waals surface area contributed by atoms with Crippen LogP contribution in [0, 0.1) is 11.3 Å². The van der Waals surface area contributed by atoms with Gasteiger partial charge in [0.15, 0.2) is 0 Å². The predicted octanol–water partition coefficient (Wildman–Crippen LogP) is 1.57. The maximum atomic E-state index is 5.90. The second kappa shape index (κ2) is 4.88. The third-order valence-electron chi connectivity index (χ3n) is 4.01. The Morgan fingerprint density at radius 3 is 2.78 bits per heavy atom. The van der Waals surface area contributed by atoms with Crippen molar-refractivity contribution in [2.24, 2.45) is 17.1 Å². The summed E-state index contributed by atoms with van der Waals surface area (Å²) in [5.41, 5.74) is 6.19. The molecule has 1 aromatic heterocycles. The van der Waals surface area contributed by atoms with Gasteiger partial charge in [0, 0.05) is 25.6 Å². The summed E-state index contributed by atoms with van der Waals surface area (Å²) in [6.07, 6.45) is 1.97. The number of aromatic nitrogens is 3. The van der Waals surface area contributed by atoms with Crippen molar-refractivity contribution in [2.45, 2.75) is 46.6 Å². The Morgan fingerprint density at radius 2 is 2.22 bits per heavy atom. The average Bonchev–Trinajstić information content (AvgIpc) is 2.85. The Labute approximate surface area is 109 Å². The van der Waals surface area contributed by atoms with Crippen molar-refractivity contribution in [1.29, 1.82) is 0 Å². The molecular weight excluding hydrogens is 226 g/mol. The molecule has 1 aromatic rings. The molecular formula is C13H25N5. The SMILES string of the molecule is CC(Cc1nc(N2CCC(N)C2)n[nH]1)C(C)(C)C. The van der Waals surface area contributed by atoms with Crippen LogP contribution in [-0.2, 0) is 6.42 Å². The number of hydrogen-bond acceptors (Lipinski definition) is 4. The van der Waals surface area contributed by atoms with Crippen LogP contribution in [0.5, 0.6) is 0 Å². The molecule has 5 nitrogen and oxygen atoms in total. The Bertz CT molecular complexity index is 392. The van der Waals surface area contributed by atoms with E-state index in [9.17, 15) is 0 Å². The minimum absolute atomic E-state index is 0.264. The molecule has 1 saturated heterocycles. The van der Waals surface area contributed by atoms with E-state index in [1.165, 1.54) is 0 Å². The molecule has 0 aromatic carbocycles. The van der Waals surface area contributed by atoms with E-state index < -0.39 is 0 Å². The highest BCUT2D eigenvalue weighted by Crippen LogP contribution is 2.28. The van der Waals surface area contributed by atoms with Crippen LogP contribution in [0.1, 0.15) is 39.9 Å². The zero-order valence-corrected chi connectivity index (χ0v) is 11.9. The molecule has 0 bridgehead atoms. The second-order valence-corrected chi connectivity index (χ2v) is 6.55. The number of nitrogens with one attached hydrogen (secondary N) is 1. The topological polar surface area (TPSA) is 70.8 Å². The fraction of sp³-hybridized carbons (Fsp3) is 0.846. The maximum Gasteiger partial charge on any atom is 0.244 e. The van der Waals surface area contributed by atoms with Gasteiger partial charge in [-0.3, -0.25) is 5.10 Å². The normalized spacial score (nSPS) is 22.5. The van der Waals surface area contributed by atoms with Crippen LogP contribution in [0.25, 0.3) is 0 Å². The van der Waals surface area contributed by atoms with Crippen molar-refractivity contribution in [3.8, 4) is 0 Å². The van der Waals surface area contributed by atoms with Gasteiger partial charge in [0.2, 0.25) is 5.95 Å². The van der Waals surface area contributed by atoms with Crippen LogP contribution >= 0.6 is 0 Å². The number of nitrogens with two attached hydrogens (primary N) is 1. The Morgan fingerprint density at radius 1 is 1.50 bits per heavy atom. The minimum Gasteiger partial charge on any atom is -0.338 e. The Kier molecular flexibility index (Phi) is 3.61. The summed E-state index contributed by atoms with van der Waals surface area (Å²) in [6, 6.07) is 0.264. The minimum atomic E-state index is 0.264. The zero-order chi connectivity index (χ0) is 13.3. The lowest BCUT2D eigenvalue weighted by molar-refractivity contribution is 0.257. The summed E-state index contributed by atoms with van der Waals surface area (Å²) in [4.78, 5) is 6.74. The van der Waals surface area contributed by atoms with Crippen molar-refractivity contribution in [2.75, 3.05) is 18.0 Å². The molecule has 0 radical (unpaired) electrons. The third-order valence-corrected chi connectivity index (χ3v) is 4.01. The highest BCUT2D eigenvalue weighted by atomic mass is 15.4. The number of hydrogen-bond donors (Lipinski definition) is 2. The van der Waals surface area contributed by atoms with Gasteiger partial charge in [-0.1, -0.05) is 27.7 Å². The first-order chi connectivity index (χ1) is 8.36. The maximum absolute atomic E-state index is 5.90. The smallest absolute Gasteiger partial charge is 0.244 e. The largest absolute Gasteiger partial charge is 0.338 e. The van der Waals surface area contributed by atoms with E-state index in [1.807, 2.05) is 0 Å². The molecule has 0 spiro atoms. The van der Waals surface area contributed by atoms with Gasteiger partial charge < -0.3 is 10.6 Å². The average molecular weight is 251 g/mol. The quantitative estimate of drug-likeness (QED) is 0.855. The van der Waals surface area contributed by atoms with Gasteiger partial charge in [0.05, 0.1) is 0 Å². The van der Waals surface area contributed by atoms with Gasteiger partial charge in [0.1, 0.15) is 5.82 Å².